The standard InChI is InChI=1S/C10H15BrO2/c1-4-7-5-8(11)10(13-3)6-9(7)12-2/h5-6,8,10H,4H2,1-3H3. The molecule has 0 aromatic carbocycles. The summed E-state index contributed by atoms with van der Waals surface area (Å²) in [6.07, 6.45) is 5.22. The molecular formula is C10H15BrO2. The fraction of sp³-hybridized carbons (Fsp3) is 0.600. The van der Waals surface area contributed by atoms with Crippen LogP contribution in [0.5, 0.6) is 0 Å². The molecular weight excluding hydrogens is 232 g/mol. The van der Waals surface area contributed by atoms with Gasteiger partial charge < -0.3 is 9.47 Å². The lowest BCUT2D eigenvalue weighted by molar-refractivity contribution is 0.140. The molecule has 1 aliphatic carbocycles. The predicted octanol–water partition coefficient (Wildman–Crippen LogP) is 2.65. The first-order chi connectivity index (χ1) is 6.22. The van der Waals surface area contributed by atoms with Crippen molar-refractivity contribution in [2.45, 2.75) is 24.3 Å². The Kier molecular flexibility index (Phi) is 4.00. The summed E-state index contributed by atoms with van der Waals surface area (Å²) in [4.78, 5) is 0.256. The van der Waals surface area contributed by atoms with E-state index >= 15 is 0 Å². The quantitative estimate of drug-likeness (QED) is 0.714. The van der Waals surface area contributed by atoms with E-state index in [1.54, 1.807) is 14.2 Å². The van der Waals surface area contributed by atoms with Crippen molar-refractivity contribution in [2.24, 2.45) is 0 Å². The third kappa shape index (κ3) is 2.35. The minimum atomic E-state index is 0.0743. The molecule has 0 spiro atoms. The molecule has 0 saturated carbocycles. The van der Waals surface area contributed by atoms with Gasteiger partial charge in [-0.1, -0.05) is 28.9 Å². The molecule has 74 valence electrons. The molecule has 0 heterocycles. The van der Waals surface area contributed by atoms with Gasteiger partial charge in [-0.2, -0.15) is 0 Å². The van der Waals surface area contributed by atoms with E-state index in [2.05, 4.69) is 28.9 Å². The summed E-state index contributed by atoms with van der Waals surface area (Å²) in [6, 6.07) is 0. The Labute approximate surface area is 87.7 Å². The fourth-order valence-corrected chi connectivity index (χ4v) is 2.09. The molecule has 1 rings (SSSR count). The van der Waals surface area contributed by atoms with E-state index in [0.29, 0.717) is 0 Å². The van der Waals surface area contributed by atoms with Crippen LogP contribution in [0.1, 0.15) is 13.3 Å². The number of rotatable bonds is 3. The van der Waals surface area contributed by atoms with Crippen LogP contribution in [0.3, 0.4) is 0 Å². The Balaban J connectivity index is 2.84. The SMILES string of the molecule is CCC1=CC(Br)C(OC)C=C1OC. The van der Waals surface area contributed by atoms with E-state index in [9.17, 15) is 0 Å². The molecule has 0 saturated heterocycles. The van der Waals surface area contributed by atoms with Crippen molar-refractivity contribution >= 4 is 15.9 Å². The summed E-state index contributed by atoms with van der Waals surface area (Å²) in [5, 5.41) is 0. The summed E-state index contributed by atoms with van der Waals surface area (Å²) >= 11 is 3.55. The summed E-state index contributed by atoms with van der Waals surface area (Å²) in [5.74, 6) is 0.935. The molecule has 2 atom stereocenters. The molecule has 1 aliphatic rings. The van der Waals surface area contributed by atoms with Gasteiger partial charge in [0.25, 0.3) is 0 Å². The molecule has 0 fully saturated rings. The van der Waals surface area contributed by atoms with Crippen LogP contribution < -0.4 is 0 Å². The van der Waals surface area contributed by atoms with Gasteiger partial charge in [-0.05, 0) is 18.1 Å². The lowest BCUT2D eigenvalue weighted by atomic mass is 10.0. The Morgan fingerprint density at radius 1 is 1.38 bits per heavy atom. The van der Waals surface area contributed by atoms with Gasteiger partial charge in [0.1, 0.15) is 5.76 Å². The summed E-state index contributed by atoms with van der Waals surface area (Å²) in [6.45, 7) is 2.12. The Morgan fingerprint density at radius 3 is 2.54 bits per heavy atom. The minimum Gasteiger partial charge on any atom is -0.497 e. The van der Waals surface area contributed by atoms with E-state index < -0.39 is 0 Å². The van der Waals surface area contributed by atoms with Crippen LogP contribution in [-0.2, 0) is 9.47 Å². The molecule has 0 aliphatic heterocycles. The number of allylic oxidation sites excluding steroid dienone is 1. The highest BCUT2D eigenvalue weighted by molar-refractivity contribution is 9.09. The molecule has 0 aromatic heterocycles. The van der Waals surface area contributed by atoms with Crippen LogP contribution in [0.25, 0.3) is 0 Å². The highest BCUT2D eigenvalue weighted by Gasteiger charge is 2.22. The van der Waals surface area contributed by atoms with E-state index in [1.807, 2.05) is 6.08 Å². The second-order valence-corrected chi connectivity index (χ2v) is 3.98. The molecule has 13 heavy (non-hydrogen) atoms. The maximum atomic E-state index is 5.28. The molecule has 2 unspecified atom stereocenters. The van der Waals surface area contributed by atoms with Crippen molar-refractivity contribution in [3.8, 4) is 0 Å². The highest BCUT2D eigenvalue weighted by Crippen LogP contribution is 2.27. The lowest BCUT2D eigenvalue weighted by Crippen LogP contribution is -2.23. The fourth-order valence-electron chi connectivity index (χ4n) is 1.41. The number of hydrogen-bond donors (Lipinski definition) is 0. The maximum Gasteiger partial charge on any atom is 0.120 e. The summed E-state index contributed by atoms with van der Waals surface area (Å²) < 4.78 is 10.5. The average Bonchev–Trinajstić information content (AvgIpc) is 2.17. The zero-order chi connectivity index (χ0) is 9.84. The van der Waals surface area contributed by atoms with Crippen LogP contribution in [0.2, 0.25) is 0 Å². The Morgan fingerprint density at radius 2 is 2.08 bits per heavy atom. The third-order valence-corrected chi connectivity index (χ3v) is 2.96. The van der Waals surface area contributed by atoms with E-state index in [0.717, 1.165) is 12.2 Å². The number of methoxy groups -OCH3 is 2. The van der Waals surface area contributed by atoms with E-state index in [4.69, 9.17) is 9.47 Å². The number of halogens is 1. The third-order valence-electron chi connectivity index (χ3n) is 2.18. The van der Waals surface area contributed by atoms with Gasteiger partial charge in [-0.3, -0.25) is 0 Å². The summed E-state index contributed by atoms with van der Waals surface area (Å²) in [7, 11) is 3.39. The largest absolute Gasteiger partial charge is 0.497 e. The maximum absolute atomic E-state index is 5.28. The Hall–Kier alpha value is -0.280. The van der Waals surface area contributed by atoms with Gasteiger partial charge in [0, 0.05) is 7.11 Å². The van der Waals surface area contributed by atoms with Crippen molar-refractivity contribution in [3.63, 3.8) is 0 Å². The van der Waals surface area contributed by atoms with Gasteiger partial charge in [0.2, 0.25) is 0 Å². The first-order valence-corrected chi connectivity index (χ1v) is 5.28. The Bertz CT molecular complexity index is 233. The van der Waals surface area contributed by atoms with Crippen molar-refractivity contribution in [1.82, 2.24) is 0 Å². The van der Waals surface area contributed by atoms with Gasteiger partial charge >= 0.3 is 0 Å². The van der Waals surface area contributed by atoms with E-state index in [-0.39, 0.29) is 10.9 Å². The van der Waals surface area contributed by atoms with Crippen LogP contribution in [-0.4, -0.2) is 25.2 Å². The molecule has 0 aromatic rings. The number of hydrogen-bond acceptors (Lipinski definition) is 2. The first kappa shape index (κ1) is 10.8. The van der Waals surface area contributed by atoms with Crippen molar-refractivity contribution in [1.29, 1.82) is 0 Å². The van der Waals surface area contributed by atoms with Gasteiger partial charge in [0.05, 0.1) is 18.0 Å². The normalized spacial score (nSPS) is 28.0. The van der Waals surface area contributed by atoms with Crippen molar-refractivity contribution in [3.05, 3.63) is 23.5 Å². The number of alkyl halides is 1. The van der Waals surface area contributed by atoms with Crippen molar-refractivity contribution in [2.75, 3.05) is 14.2 Å². The molecule has 0 radical (unpaired) electrons. The monoisotopic (exact) mass is 246 g/mol. The number of ether oxygens (including phenoxy) is 2. The zero-order valence-corrected chi connectivity index (χ0v) is 9.80. The van der Waals surface area contributed by atoms with Crippen molar-refractivity contribution < 1.29 is 9.47 Å². The van der Waals surface area contributed by atoms with E-state index in [1.165, 1.54) is 5.57 Å². The van der Waals surface area contributed by atoms with Gasteiger partial charge in [0.15, 0.2) is 0 Å². The zero-order valence-electron chi connectivity index (χ0n) is 8.21. The second-order valence-electron chi connectivity index (χ2n) is 2.93. The minimum absolute atomic E-state index is 0.0743. The van der Waals surface area contributed by atoms with Crippen LogP contribution in [0.4, 0.5) is 0 Å². The van der Waals surface area contributed by atoms with Crippen LogP contribution in [0, 0.1) is 0 Å². The summed E-state index contributed by atoms with van der Waals surface area (Å²) in [5.41, 5.74) is 1.23. The van der Waals surface area contributed by atoms with Crippen LogP contribution in [0.15, 0.2) is 23.5 Å². The smallest absolute Gasteiger partial charge is 0.120 e. The average molecular weight is 247 g/mol. The molecule has 3 heteroatoms. The van der Waals surface area contributed by atoms with Crippen LogP contribution >= 0.6 is 15.9 Å². The highest BCUT2D eigenvalue weighted by atomic mass is 79.9. The molecule has 0 N–H and O–H groups in total. The van der Waals surface area contributed by atoms with Gasteiger partial charge in [-0.15, -0.1) is 0 Å². The van der Waals surface area contributed by atoms with Gasteiger partial charge in [-0.25, -0.2) is 0 Å². The predicted molar refractivity (Wildman–Crippen MR) is 57.0 cm³/mol. The lowest BCUT2D eigenvalue weighted by Gasteiger charge is -2.23. The first-order valence-electron chi connectivity index (χ1n) is 4.36. The second kappa shape index (κ2) is 4.82. The molecule has 0 bridgehead atoms. The topological polar surface area (TPSA) is 18.5 Å². The molecule has 2 nitrogen and oxygen atoms in total. The molecule has 0 amide bonds.